The van der Waals surface area contributed by atoms with Crippen molar-refractivity contribution in [1.29, 1.82) is 0 Å². The molecule has 0 aliphatic carbocycles. The Kier molecular flexibility index (Phi) is 4.16. The molecule has 0 saturated carbocycles. The van der Waals surface area contributed by atoms with E-state index in [0.29, 0.717) is 0 Å². The first-order valence-corrected chi connectivity index (χ1v) is 6.37. The van der Waals surface area contributed by atoms with Crippen LogP contribution in [0.5, 0.6) is 5.75 Å². The summed E-state index contributed by atoms with van der Waals surface area (Å²) in [5, 5.41) is 12.1. The van der Waals surface area contributed by atoms with Crippen molar-refractivity contribution < 1.29 is 14.3 Å². The van der Waals surface area contributed by atoms with Gasteiger partial charge in [0.05, 0.1) is 0 Å². The Labute approximate surface area is 118 Å². The third-order valence-electron chi connectivity index (χ3n) is 2.59. The molecule has 3 nitrogen and oxygen atoms in total. The molecule has 0 bridgehead atoms. The summed E-state index contributed by atoms with van der Waals surface area (Å²) >= 11 is 3.31. The number of phenols is 1. The van der Waals surface area contributed by atoms with Crippen LogP contribution in [-0.2, 0) is 6.54 Å². The molecule has 0 aliphatic heterocycles. The zero-order valence-electron chi connectivity index (χ0n) is 9.86. The minimum absolute atomic E-state index is 0.264. The van der Waals surface area contributed by atoms with Crippen molar-refractivity contribution in [3.63, 3.8) is 0 Å². The maximum Gasteiger partial charge on any atom is 0.258 e. The molecule has 0 aliphatic rings. The lowest BCUT2D eigenvalue weighted by molar-refractivity contribution is 0.0944. The molecule has 0 atom stereocenters. The van der Waals surface area contributed by atoms with E-state index in [-0.39, 0.29) is 17.9 Å². The van der Waals surface area contributed by atoms with E-state index in [4.69, 9.17) is 0 Å². The molecule has 0 heterocycles. The number of benzene rings is 2. The van der Waals surface area contributed by atoms with Crippen LogP contribution in [0.3, 0.4) is 0 Å². The highest BCUT2D eigenvalue weighted by Crippen LogP contribution is 2.19. The fourth-order valence-electron chi connectivity index (χ4n) is 1.61. The molecule has 2 N–H and O–H groups in total. The summed E-state index contributed by atoms with van der Waals surface area (Å²) in [5.74, 6) is -1.75. The SMILES string of the molecule is O=C(NCc1ccc(Br)cc1)c1c(O)cccc1F. The number of rotatable bonds is 3. The second-order valence-corrected chi connectivity index (χ2v) is 4.86. The smallest absolute Gasteiger partial charge is 0.258 e. The Morgan fingerprint density at radius 1 is 1.21 bits per heavy atom. The molecule has 0 radical (unpaired) electrons. The fourth-order valence-corrected chi connectivity index (χ4v) is 1.87. The van der Waals surface area contributed by atoms with Gasteiger partial charge in [0.15, 0.2) is 0 Å². The second-order valence-electron chi connectivity index (χ2n) is 3.94. The van der Waals surface area contributed by atoms with Gasteiger partial charge >= 0.3 is 0 Å². The van der Waals surface area contributed by atoms with Crippen LogP contribution in [-0.4, -0.2) is 11.0 Å². The number of carbonyl (C=O) groups excluding carboxylic acids is 1. The van der Waals surface area contributed by atoms with Gasteiger partial charge in [0.25, 0.3) is 5.91 Å². The quantitative estimate of drug-likeness (QED) is 0.911. The summed E-state index contributed by atoms with van der Waals surface area (Å²) in [6, 6.07) is 11.1. The number of hydrogen-bond donors (Lipinski definition) is 2. The van der Waals surface area contributed by atoms with Crippen LogP contribution in [0.25, 0.3) is 0 Å². The molecule has 5 heteroatoms. The maximum atomic E-state index is 13.5. The fraction of sp³-hybridized carbons (Fsp3) is 0.0714. The first kappa shape index (κ1) is 13.5. The highest BCUT2D eigenvalue weighted by Gasteiger charge is 2.15. The van der Waals surface area contributed by atoms with E-state index in [1.807, 2.05) is 24.3 Å². The van der Waals surface area contributed by atoms with Gasteiger partial charge in [0.1, 0.15) is 17.1 Å². The van der Waals surface area contributed by atoms with E-state index >= 15 is 0 Å². The van der Waals surface area contributed by atoms with Crippen molar-refractivity contribution in [3.05, 3.63) is 63.9 Å². The van der Waals surface area contributed by atoms with E-state index in [2.05, 4.69) is 21.2 Å². The summed E-state index contributed by atoms with van der Waals surface area (Å²) in [6.07, 6.45) is 0. The number of carbonyl (C=O) groups is 1. The van der Waals surface area contributed by atoms with Crippen molar-refractivity contribution in [2.75, 3.05) is 0 Å². The lowest BCUT2D eigenvalue weighted by Gasteiger charge is -2.07. The van der Waals surface area contributed by atoms with E-state index in [9.17, 15) is 14.3 Å². The average Bonchev–Trinajstić information content (AvgIpc) is 2.38. The number of hydrogen-bond acceptors (Lipinski definition) is 2. The molecule has 1 amide bonds. The van der Waals surface area contributed by atoms with Gasteiger partial charge in [-0.15, -0.1) is 0 Å². The van der Waals surface area contributed by atoms with Crippen molar-refractivity contribution >= 4 is 21.8 Å². The first-order chi connectivity index (χ1) is 9.08. The van der Waals surface area contributed by atoms with Crippen LogP contribution in [0.4, 0.5) is 4.39 Å². The van der Waals surface area contributed by atoms with Crippen LogP contribution in [0, 0.1) is 5.82 Å². The van der Waals surface area contributed by atoms with Gasteiger partial charge in [-0.3, -0.25) is 4.79 Å². The monoisotopic (exact) mass is 323 g/mol. The van der Waals surface area contributed by atoms with Gasteiger partial charge < -0.3 is 10.4 Å². The van der Waals surface area contributed by atoms with Crippen molar-refractivity contribution in [2.45, 2.75) is 6.54 Å². The largest absolute Gasteiger partial charge is 0.507 e. The molecule has 2 rings (SSSR count). The summed E-state index contributed by atoms with van der Waals surface area (Å²) in [4.78, 5) is 11.8. The van der Waals surface area contributed by atoms with Crippen molar-refractivity contribution in [1.82, 2.24) is 5.32 Å². The Hall–Kier alpha value is -1.88. The standard InChI is InChI=1S/C14H11BrFNO2/c15-10-6-4-9(5-7-10)8-17-14(19)13-11(16)2-1-3-12(13)18/h1-7,18H,8H2,(H,17,19). The maximum absolute atomic E-state index is 13.5. The summed E-state index contributed by atoms with van der Waals surface area (Å²) in [6.45, 7) is 0.264. The zero-order chi connectivity index (χ0) is 13.8. The molecule has 2 aromatic rings. The minimum Gasteiger partial charge on any atom is -0.507 e. The highest BCUT2D eigenvalue weighted by atomic mass is 79.9. The molecule has 0 saturated heterocycles. The van der Waals surface area contributed by atoms with E-state index in [1.165, 1.54) is 12.1 Å². The van der Waals surface area contributed by atoms with E-state index in [0.717, 1.165) is 16.1 Å². The van der Waals surface area contributed by atoms with Gasteiger partial charge in [-0.25, -0.2) is 4.39 Å². The lowest BCUT2D eigenvalue weighted by Crippen LogP contribution is -2.23. The van der Waals surface area contributed by atoms with E-state index < -0.39 is 11.7 Å². The zero-order valence-corrected chi connectivity index (χ0v) is 11.4. The summed E-state index contributed by atoms with van der Waals surface area (Å²) < 4.78 is 14.4. The average molecular weight is 324 g/mol. The molecule has 0 unspecified atom stereocenters. The van der Waals surface area contributed by atoms with Crippen LogP contribution in [0.15, 0.2) is 46.9 Å². The van der Waals surface area contributed by atoms with Gasteiger partial charge in [0.2, 0.25) is 0 Å². The van der Waals surface area contributed by atoms with Crippen LogP contribution in [0.2, 0.25) is 0 Å². The Bertz CT molecular complexity index is 579. The third-order valence-corrected chi connectivity index (χ3v) is 3.11. The molecular formula is C14H11BrFNO2. The Morgan fingerprint density at radius 2 is 1.89 bits per heavy atom. The van der Waals surface area contributed by atoms with Gasteiger partial charge in [-0.2, -0.15) is 0 Å². The first-order valence-electron chi connectivity index (χ1n) is 5.58. The predicted molar refractivity (Wildman–Crippen MR) is 73.4 cm³/mol. The summed E-state index contributed by atoms with van der Waals surface area (Å²) in [7, 11) is 0. The number of amides is 1. The topological polar surface area (TPSA) is 49.3 Å². The molecular weight excluding hydrogens is 313 g/mol. The molecule has 0 aromatic heterocycles. The third kappa shape index (κ3) is 3.32. The number of phenolic OH excluding ortho intramolecular Hbond substituents is 1. The molecule has 98 valence electrons. The Balaban J connectivity index is 2.07. The van der Waals surface area contributed by atoms with Crippen LogP contribution < -0.4 is 5.32 Å². The van der Waals surface area contributed by atoms with Crippen molar-refractivity contribution in [2.24, 2.45) is 0 Å². The molecule has 0 fully saturated rings. The van der Waals surface area contributed by atoms with Crippen LogP contribution in [0.1, 0.15) is 15.9 Å². The molecule has 19 heavy (non-hydrogen) atoms. The van der Waals surface area contributed by atoms with Crippen LogP contribution >= 0.6 is 15.9 Å². The number of halogens is 2. The van der Waals surface area contributed by atoms with Crippen molar-refractivity contribution in [3.8, 4) is 5.75 Å². The highest BCUT2D eigenvalue weighted by molar-refractivity contribution is 9.10. The minimum atomic E-state index is -0.742. The predicted octanol–water partition coefficient (Wildman–Crippen LogP) is 3.22. The molecule has 2 aromatic carbocycles. The number of nitrogens with one attached hydrogen (secondary N) is 1. The van der Waals surface area contributed by atoms with Gasteiger partial charge in [-0.05, 0) is 29.8 Å². The second kappa shape index (κ2) is 5.84. The van der Waals surface area contributed by atoms with Gasteiger partial charge in [-0.1, -0.05) is 34.1 Å². The van der Waals surface area contributed by atoms with Gasteiger partial charge in [0, 0.05) is 11.0 Å². The Morgan fingerprint density at radius 3 is 2.53 bits per heavy atom. The van der Waals surface area contributed by atoms with E-state index in [1.54, 1.807) is 0 Å². The summed E-state index contributed by atoms with van der Waals surface area (Å²) in [5.41, 5.74) is 0.548. The molecule has 0 spiro atoms. The normalized spacial score (nSPS) is 10.2. The lowest BCUT2D eigenvalue weighted by atomic mass is 10.1. The number of aromatic hydroxyl groups is 1.